The monoisotopic (exact) mass is 241 g/mol. The van der Waals surface area contributed by atoms with Crippen molar-refractivity contribution in [1.82, 2.24) is 15.5 Å². The highest BCUT2D eigenvalue weighted by atomic mass is 16.2. The van der Waals surface area contributed by atoms with Gasteiger partial charge >= 0.3 is 0 Å². The maximum absolute atomic E-state index is 11.9. The Labute approximate surface area is 103 Å². The molecular formula is C12H23N3O2. The highest BCUT2D eigenvalue weighted by Crippen LogP contribution is 2.18. The first kappa shape index (κ1) is 14.0. The number of hydrogen-bond donors (Lipinski definition) is 2. The van der Waals surface area contributed by atoms with E-state index in [1.54, 1.807) is 4.90 Å². The maximum atomic E-state index is 11.9. The zero-order chi connectivity index (χ0) is 12.7. The van der Waals surface area contributed by atoms with Crippen LogP contribution in [0.5, 0.6) is 0 Å². The predicted molar refractivity (Wildman–Crippen MR) is 66.6 cm³/mol. The molecule has 0 aromatic heterocycles. The van der Waals surface area contributed by atoms with Gasteiger partial charge in [-0.25, -0.2) is 0 Å². The fourth-order valence-corrected chi connectivity index (χ4v) is 2.12. The summed E-state index contributed by atoms with van der Waals surface area (Å²) in [6, 6.07) is -0.245. The molecule has 1 fully saturated rings. The van der Waals surface area contributed by atoms with Crippen molar-refractivity contribution in [3.05, 3.63) is 0 Å². The lowest BCUT2D eigenvalue weighted by Crippen LogP contribution is -2.47. The molecule has 0 saturated carbocycles. The van der Waals surface area contributed by atoms with Gasteiger partial charge in [0.05, 0.1) is 0 Å². The third-order valence-electron chi connectivity index (χ3n) is 3.01. The predicted octanol–water partition coefficient (Wildman–Crippen LogP) is 0.113. The summed E-state index contributed by atoms with van der Waals surface area (Å²) in [7, 11) is 1.85. The second kappa shape index (κ2) is 7.27. The number of rotatable bonds is 6. The Bertz CT molecular complexity index is 268. The molecule has 0 aromatic carbocycles. The van der Waals surface area contributed by atoms with Crippen molar-refractivity contribution in [3.8, 4) is 0 Å². The Balaban J connectivity index is 2.44. The van der Waals surface area contributed by atoms with Crippen LogP contribution in [0, 0.1) is 0 Å². The molecule has 1 heterocycles. The van der Waals surface area contributed by atoms with Crippen molar-refractivity contribution in [2.24, 2.45) is 0 Å². The normalized spacial score (nSPS) is 19.4. The van der Waals surface area contributed by atoms with Crippen molar-refractivity contribution < 1.29 is 9.59 Å². The molecule has 0 aliphatic carbocycles. The van der Waals surface area contributed by atoms with Gasteiger partial charge in [-0.2, -0.15) is 0 Å². The quantitative estimate of drug-likeness (QED) is 0.649. The van der Waals surface area contributed by atoms with Gasteiger partial charge in [-0.15, -0.1) is 0 Å². The molecule has 1 saturated heterocycles. The summed E-state index contributed by atoms with van der Waals surface area (Å²) in [6.07, 6.45) is 3.10. The number of likely N-dealkylation sites (N-methyl/N-ethyl adjacent to an activating group) is 1. The smallest absolute Gasteiger partial charge is 0.242 e. The van der Waals surface area contributed by atoms with E-state index in [-0.39, 0.29) is 17.9 Å². The molecule has 1 aliphatic heterocycles. The number of carbonyl (C=O) groups excluding carboxylic acids is 2. The molecule has 5 heteroatoms. The van der Waals surface area contributed by atoms with Crippen LogP contribution in [0.25, 0.3) is 0 Å². The molecule has 0 radical (unpaired) electrons. The second-order valence-electron chi connectivity index (χ2n) is 4.39. The second-order valence-corrected chi connectivity index (χ2v) is 4.39. The summed E-state index contributed by atoms with van der Waals surface area (Å²) < 4.78 is 0. The topological polar surface area (TPSA) is 61.4 Å². The first-order valence-corrected chi connectivity index (χ1v) is 6.42. The van der Waals surface area contributed by atoms with Crippen molar-refractivity contribution >= 4 is 11.8 Å². The van der Waals surface area contributed by atoms with E-state index in [2.05, 4.69) is 10.6 Å². The summed E-state index contributed by atoms with van der Waals surface area (Å²) in [5.74, 6) is 0.0981. The van der Waals surface area contributed by atoms with Crippen LogP contribution in [0.1, 0.15) is 32.6 Å². The lowest BCUT2D eigenvalue weighted by Gasteiger charge is -2.23. The number of nitrogens with zero attached hydrogens (tertiary/aromatic N) is 1. The van der Waals surface area contributed by atoms with E-state index in [1.807, 2.05) is 14.0 Å². The molecular weight excluding hydrogens is 218 g/mol. The van der Waals surface area contributed by atoms with Crippen LogP contribution in [-0.2, 0) is 9.59 Å². The summed E-state index contributed by atoms with van der Waals surface area (Å²) >= 11 is 0. The largest absolute Gasteiger partial charge is 0.353 e. The molecule has 17 heavy (non-hydrogen) atoms. The van der Waals surface area contributed by atoms with Crippen LogP contribution in [0.3, 0.4) is 0 Å². The number of carbonyl (C=O) groups is 2. The van der Waals surface area contributed by atoms with E-state index in [9.17, 15) is 9.59 Å². The first-order valence-electron chi connectivity index (χ1n) is 6.42. The fourth-order valence-electron chi connectivity index (χ4n) is 2.12. The van der Waals surface area contributed by atoms with Gasteiger partial charge in [-0.05, 0) is 26.3 Å². The summed E-state index contributed by atoms with van der Waals surface area (Å²) in [4.78, 5) is 25.5. The number of likely N-dealkylation sites (tertiary alicyclic amines) is 1. The lowest BCUT2D eigenvalue weighted by atomic mass is 10.2. The minimum atomic E-state index is -0.245. The standard InChI is InChI=1S/C12H23N3O2/c1-3-5-11(16)15-9-4-6-10(15)12(17)14-8-7-13-2/h10,13H,3-9H2,1-2H3,(H,14,17). The van der Waals surface area contributed by atoms with Gasteiger partial charge < -0.3 is 15.5 Å². The lowest BCUT2D eigenvalue weighted by molar-refractivity contribution is -0.138. The van der Waals surface area contributed by atoms with Crippen molar-refractivity contribution in [3.63, 3.8) is 0 Å². The Kier molecular flexibility index (Phi) is 5.97. The average molecular weight is 241 g/mol. The minimum absolute atomic E-state index is 0.0118. The highest BCUT2D eigenvalue weighted by Gasteiger charge is 2.33. The number of amides is 2. The highest BCUT2D eigenvalue weighted by molar-refractivity contribution is 5.88. The molecule has 2 N–H and O–H groups in total. The molecule has 1 aliphatic rings. The van der Waals surface area contributed by atoms with Gasteiger partial charge in [0.15, 0.2) is 0 Å². The van der Waals surface area contributed by atoms with Crippen molar-refractivity contribution in [1.29, 1.82) is 0 Å². The molecule has 2 amide bonds. The summed E-state index contributed by atoms with van der Waals surface area (Å²) in [5.41, 5.74) is 0. The Hall–Kier alpha value is -1.10. The van der Waals surface area contributed by atoms with E-state index in [4.69, 9.17) is 0 Å². The van der Waals surface area contributed by atoms with E-state index in [0.29, 0.717) is 13.0 Å². The Morgan fingerprint density at radius 1 is 1.35 bits per heavy atom. The van der Waals surface area contributed by atoms with Crippen LogP contribution in [0.15, 0.2) is 0 Å². The molecule has 1 atom stereocenters. The van der Waals surface area contributed by atoms with Crippen molar-refractivity contribution in [2.45, 2.75) is 38.6 Å². The average Bonchev–Trinajstić information content (AvgIpc) is 2.78. The number of hydrogen-bond acceptors (Lipinski definition) is 3. The van der Waals surface area contributed by atoms with E-state index < -0.39 is 0 Å². The van der Waals surface area contributed by atoms with Crippen LogP contribution >= 0.6 is 0 Å². The SMILES string of the molecule is CCCC(=O)N1CCCC1C(=O)NCCNC. The van der Waals surface area contributed by atoms with Crippen LogP contribution in [0.2, 0.25) is 0 Å². The molecule has 1 unspecified atom stereocenters. The van der Waals surface area contributed by atoms with Gasteiger partial charge in [0.25, 0.3) is 0 Å². The zero-order valence-corrected chi connectivity index (χ0v) is 10.8. The van der Waals surface area contributed by atoms with E-state index >= 15 is 0 Å². The fraction of sp³-hybridized carbons (Fsp3) is 0.833. The number of nitrogens with one attached hydrogen (secondary N) is 2. The molecule has 0 aromatic rings. The minimum Gasteiger partial charge on any atom is -0.353 e. The van der Waals surface area contributed by atoms with Crippen LogP contribution in [-0.4, -0.2) is 49.4 Å². The van der Waals surface area contributed by atoms with Gasteiger partial charge in [-0.1, -0.05) is 6.92 Å². The molecule has 1 rings (SSSR count). The van der Waals surface area contributed by atoms with Gasteiger partial charge in [0.2, 0.25) is 11.8 Å². The Morgan fingerprint density at radius 2 is 2.12 bits per heavy atom. The Morgan fingerprint density at radius 3 is 2.76 bits per heavy atom. The third kappa shape index (κ3) is 4.00. The van der Waals surface area contributed by atoms with Gasteiger partial charge in [0.1, 0.15) is 6.04 Å². The summed E-state index contributed by atoms with van der Waals surface area (Å²) in [6.45, 7) is 4.07. The zero-order valence-electron chi connectivity index (χ0n) is 10.8. The van der Waals surface area contributed by atoms with E-state index in [1.165, 1.54) is 0 Å². The molecule has 0 bridgehead atoms. The molecule has 98 valence electrons. The third-order valence-corrected chi connectivity index (χ3v) is 3.01. The van der Waals surface area contributed by atoms with Crippen LogP contribution < -0.4 is 10.6 Å². The summed E-state index contributed by atoms with van der Waals surface area (Å²) in [5, 5.41) is 5.83. The molecule has 0 spiro atoms. The van der Waals surface area contributed by atoms with E-state index in [0.717, 1.165) is 32.4 Å². The maximum Gasteiger partial charge on any atom is 0.242 e. The first-order chi connectivity index (χ1) is 8.20. The molecule has 5 nitrogen and oxygen atoms in total. The van der Waals surface area contributed by atoms with Gasteiger partial charge in [0, 0.05) is 26.1 Å². The van der Waals surface area contributed by atoms with Gasteiger partial charge in [-0.3, -0.25) is 9.59 Å². The van der Waals surface area contributed by atoms with Crippen LogP contribution in [0.4, 0.5) is 0 Å². The van der Waals surface area contributed by atoms with Crippen molar-refractivity contribution in [2.75, 3.05) is 26.7 Å².